The lowest BCUT2D eigenvalue weighted by Crippen LogP contribution is -2.46. The molecule has 2 aromatic carbocycles. The van der Waals surface area contributed by atoms with Gasteiger partial charge in [-0.25, -0.2) is 4.79 Å². The van der Waals surface area contributed by atoms with Gasteiger partial charge < -0.3 is 15.5 Å². The summed E-state index contributed by atoms with van der Waals surface area (Å²) in [5, 5.41) is 21.6. The number of benzene rings is 2. The Morgan fingerprint density at radius 2 is 1.50 bits per heavy atom. The molecular formula is C22H25NO5. The summed E-state index contributed by atoms with van der Waals surface area (Å²) in [7, 11) is 0. The lowest BCUT2D eigenvalue weighted by Gasteiger charge is -2.18. The van der Waals surface area contributed by atoms with Gasteiger partial charge in [0.15, 0.2) is 5.78 Å². The molecular weight excluding hydrogens is 358 g/mol. The Morgan fingerprint density at radius 1 is 0.929 bits per heavy atom. The maximum absolute atomic E-state index is 12.4. The zero-order valence-corrected chi connectivity index (χ0v) is 16.0. The summed E-state index contributed by atoms with van der Waals surface area (Å²) >= 11 is 0. The average Bonchev–Trinajstić information content (AvgIpc) is 2.67. The van der Waals surface area contributed by atoms with Gasteiger partial charge in [-0.2, -0.15) is 0 Å². The minimum atomic E-state index is -1.24. The highest BCUT2D eigenvalue weighted by Crippen LogP contribution is 2.13. The van der Waals surface area contributed by atoms with Crippen molar-refractivity contribution in [1.82, 2.24) is 5.32 Å². The molecule has 0 bridgehead atoms. The number of hydrogen-bond donors (Lipinski definition) is 3. The van der Waals surface area contributed by atoms with Gasteiger partial charge in [-0.1, -0.05) is 68.4 Å². The van der Waals surface area contributed by atoms with Crippen LogP contribution in [0.15, 0.2) is 54.6 Å². The van der Waals surface area contributed by atoms with Crippen molar-refractivity contribution in [2.45, 2.75) is 38.8 Å². The first kappa shape index (κ1) is 21.3. The van der Waals surface area contributed by atoms with Crippen molar-refractivity contribution in [3.8, 4) is 0 Å². The molecule has 0 radical (unpaired) electrons. The summed E-state index contributed by atoms with van der Waals surface area (Å²) in [5.41, 5.74) is 1.74. The molecule has 0 unspecified atom stereocenters. The summed E-state index contributed by atoms with van der Waals surface area (Å²) in [5.74, 6) is -1.89. The molecule has 2 atom stereocenters. The van der Waals surface area contributed by atoms with Gasteiger partial charge in [0, 0.05) is 17.5 Å². The standard InChI is InChI=1S/C22H25NO5/c1-14(2)12-19(24)21(26)23-18(22(27)28)13-15-8-10-17(11-9-15)20(25)16-6-4-3-5-7-16/h3-11,14,18-19,24H,12-13H2,1-2H3,(H,23,26)(H,27,28)/t18-,19-/m1/s1. The number of aliphatic hydroxyl groups is 1. The highest BCUT2D eigenvalue weighted by molar-refractivity contribution is 6.08. The summed E-state index contributed by atoms with van der Waals surface area (Å²) in [6.07, 6.45) is -0.934. The first-order valence-corrected chi connectivity index (χ1v) is 9.18. The Bertz CT molecular complexity index is 815. The van der Waals surface area contributed by atoms with Crippen LogP contribution in [0.4, 0.5) is 0 Å². The van der Waals surface area contributed by atoms with Crippen LogP contribution < -0.4 is 5.32 Å². The van der Waals surface area contributed by atoms with Gasteiger partial charge in [-0.15, -0.1) is 0 Å². The first-order valence-electron chi connectivity index (χ1n) is 9.18. The molecule has 0 heterocycles. The summed E-state index contributed by atoms with van der Waals surface area (Å²) < 4.78 is 0. The number of rotatable bonds is 9. The van der Waals surface area contributed by atoms with Crippen LogP contribution in [0, 0.1) is 5.92 Å². The smallest absolute Gasteiger partial charge is 0.326 e. The van der Waals surface area contributed by atoms with E-state index in [-0.39, 0.29) is 24.5 Å². The Labute approximate surface area is 164 Å². The number of aliphatic carboxylic acids is 1. The predicted octanol–water partition coefficient (Wildman–Crippen LogP) is 2.44. The fourth-order valence-electron chi connectivity index (χ4n) is 2.81. The van der Waals surface area contributed by atoms with Crippen molar-refractivity contribution < 1.29 is 24.6 Å². The van der Waals surface area contributed by atoms with Crippen LogP contribution in [0.3, 0.4) is 0 Å². The van der Waals surface area contributed by atoms with Crippen LogP contribution in [0.1, 0.15) is 41.8 Å². The molecule has 6 nitrogen and oxygen atoms in total. The minimum Gasteiger partial charge on any atom is -0.480 e. The van der Waals surface area contributed by atoms with E-state index in [0.29, 0.717) is 16.7 Å². The molecule has 0 aliphatic heterocycles. The molecule has 0 aromatic heterocycles. The van der Waals surface area contributed by atoms with Crippen LogP contribution in [0.25, 0.3) is 0 Å². The fourth-order valence-corrected chi connectivity index (χ4v) is 2.81. The van der Waals surface area contributed by atoms with Crippen molar-refractivity contribution in [1.29, 1.82) is 0 Å². The van der Waals surface area contributed by atoms with E-state index >= 15 is 0 Å². The van der Waals surface area contributed by atoms with E-state index in [1.165, 1.54) is 0 Å². The predicted molar refractivity (Wildman–Crippen MR) is 105 cm³/mol. The Kier molecular flexibility index (Phi) is 7.46. The van der Waals surface area contributed by atoms with Crippen LogP contribution >= 0.6 is 0 Å². The second-order valence-electron chi connectivity index (χ2n) is 7.14. The molecule has 2 aromatic rings. The second-order valence-corrected chi connectivity index (χ2v) is 7.14. The SMILES string of the molecule is CC(C)C[C@@H](O)C(=O)N[C@H](Cc1ccc(C(=O)c2ccccc2)cc1)C(=O)O. The molecule has 0 saturated heterocycles. The van der Waals surface area contributed by atoms with Crippen molar-refractivity contribution in [3.05, 3.63) is 71.3 Å². The molecule has 0 fully saturated rings. The van der Waals surface area contributed by atoms with E-state index in [0.717, 1.165) is 0 Å². The van der Waals surface area contributed by atoms with Crippen LogP contribution in [-0.4, -0.2) is 40.0 Å². The largest absolute Gasteiger partial charge is 0.480 e. The number of carbonyl (C=O) groups excluding carboxylic acids is 2. The molecule has 0 spiro atoms. The number of nitrogens with one attached hydrogen (secondary N) is 1. The average molecular weight is 383 g/mol. The zero-order chi connectivity index (χ0) is 20.7. The summed E-state index contributed by atoms with van der Waals surface area (Å²) in [6, 6.07) is 14.3. The third-order valence-corrected chi connectivity index (χ3v) is 4.30. The van der Waals surface area contributed by atoms with E-state index in [2.05, 4.69) is 5.32 Å². The van der Waals surface area contributed by atoms with Gasteiger partial charge in [0.1, 0.15) is 12.1 Å². The molecule has 148 valence electrons. The third kappa shape index (κ3) is 6.03. The molecule has 0 aliphatic rings. The normalized spacial score (nSPS) is 13.0. The summed E-state index contributed by atoms with van der Waals surface area (Å²) in [4.78, 5) is 35.9. The van der Waals surface area contributed by atoms with Crippen molar-refractivity contribution in [2.24, 2.45) is 5.92 Å². The maximum atomic E-state index is 12.4. The first-order chi connectivity index (χ1) is 13.3. The second kappa shape index (κ2) is 9.80. The van der Waals surface area contributed by atoms with Gasteiger partial charge in [0.25, 0.3) is 0 Å². The Balaban J connectivity index is 2.04. The molecule has 1 amide bonds. The van der Waals surface area contributed by atoms with E-state index in [1.54, 1.807) is 48.5 Å². The molecule has 28 heavy (non-hydrogen) atoms. The van der Waals surface area contributed by atoms with E-state index in [4.69, 9.17) is 0 Å². The number of carboxylic acid groups (broad SMARTS) is 1. The molecule has 3 N–H and O–H groups in total. The van der Waals surface area contributed by atoms with Gasteiger partial charge in [-0.3, -0.25) is 9.59 Å². The Morgan fingerprint density at radius 3 is 2.04 bits per heavy atom. The highest BCUT2D eigenvalue weighted by atomic mass is 16.4. The van der Waals surface area contributed by atoms with E-state index < -0.39 is 24.0 Å². The van der Waals surface area contributed by atoms with Crippen molar-refractivity contribution in [2.75, 3.05) is 0 Å². The quantitative estimate of drug-likeness (QED) is 0.577. The third-order valence-electron chi connectivity index (χ3n) is 4.30. The number of carboxylic acids is 1. The van der Waals surface area contributed by atoms with E-state index in [1.807, 2.05) is 19.9 Å². The lowest BCUT2D eigenvalue weighted by molar-refractivity contribution is -0.143. The number of ketones is 1. The van der Waals surface area contributed by atoms with Gasteiger partial charge in [0.2, 0.25) is 5.91 Å². The van der Waals surface area contributed by atoms with Crippen molar-refractivity contribution >= 4 is 17.7 Å². The van der Waals surface area contributed by atoms with Crippen LogP contribution in [0.5, 0.6) is 0 Å². The highest BCUT2D eigenvalue weighted by Gasteiger charge is 2.24. The molecule has 6 heteroatoms. The number of hydrogen-bond acceptors (Lipinski definition) is 4. The molecule has 2 rings (SSSR count). The van der Waals surface area contributed by atoms with Gasteiger partial charge >= 0.3 is 5.97 Å². The minimum absolute atomic E-state index is 0.0509. The van der Waals surface area contributed by atoms with Crippen molar-refractivity contribution in [3.63, 3.8) is 0 Å². The van der Waals surface area contributed by atoms with Gasteiger partial charge in [-0.05, 0) is 17.9 Å². The monoisotopic (exact) mass is 383 g/mol. The Hall–Kier alpha value is -2.99. The molecule has 0 saturated carbocycles. The topological polar surface area (TPSA) is 104 Å². The van der Waals surface area contributed by atoms with Crippen LogP contribution in [-0.2, 0) is 16.0 Å². The van der Waals surface area contributed by atoms with Crippen LogP contribution in [0.2, 0.25) is 0 Å². The number of aliphatic hydroxyl groups excluding tert-OH is 1. The zero-order valence-electron chi connectivity index (χ0n) is 16.0. The fraction of sp³-hybridized carbons (Fsp3) is 0.318. The number of amides is 1. The van der Waals surface area contributed by atoms with E-state index in [9.17, 15) is 24.6 Å². The lowest BCUT2D eigenvalue weighted by atomic mass is 9.99. The maximum Gasteiger partial charge on any atom is 0.326 e. The summed E-state index contributed by atoms with van der Waals surface area (Å²) in [6.45, 7) is 3.73. The van der Waals surface area contributed by atoms with Gasteiger partial charge in [0.05, 0.1) is 0 Å². The molecule has 0 aliphatic carbocycles. The number of carbonyl (C=O) groups is 3.